The summed E-state index contributed by atoms with van der Waals surface area (Å²) >= 11 is 0. The lowest BCUT2D eigenvalue weighted by Crippen LogP contribution is -2.30. The standard InChI is InChI=1S/C16H24N2O2/c17-13-16(10-5-1-2-6-11-16)12-9-14-7-3-4-8-15(14)18(19)20/h3-4,7-8H,1-2,5-6,9-13,17H2. The molecule has 4 heteroatoms. The maximum Gasteiger partial charge on any atom is 0.272 e. The Hall–Kier alpha value is -1.42. The lowest BCUT2D eigenvalue weighted by atomic mass is 9.76. The normalized spacial score (nSPS) is 18.4. The van der Waals surface area contributed by atoms with Crippen molar-refractivity contribution in [1.29, 1.82) is 0 Å². The van der Waals surface area contributed by atoms with E-state index in [4.69, 9.17) is 5.73 Å². The van der Waals surface area contributed by atoms with Gasteiger partial charge in [0.15, 0.2) is 0 Å². The van der Waals surface area contributed by atoms with Gasteiger partial charge in [0.1, 0.15) is 0 Å². The van der Waals surface area contributed by atoms with Crippen molar-refractivity contribution in [2.24, 2.45) is 11.1 Å². The minimum absolute atomic E-state index is 0.195. The van der Waals surface area contributed by atoms with Gasteiger partial charge < -0.3 is 5.73 Å². The first kappa shape index (κ1) is 15.0. The molecule has 1 aliphatic carbocycles. The van der Waals surface area contributed by atoms with Crippen LogP contribution in [0, 0.1) is 15.5 Å². The van der Waals surface area contributed by atoms with E-state index < -0.39 is 0 Å². The quantitative estimate of drug-likeness (QED) is 0.505. The lowest BCUT2D eigenvalue weighted by Gasteiger charge is -2.31. The van der Waals surface area contributed by atoms with Gasteiger partial charge in [-0.25, -0.2) is 0 Å². The summed E-state index contributed by atoms with van der Waals surface area (Å²) in [7, 11) is 0. The Morgan fingerprint density at radius 3 is 2.40 bits per heavy atom. The topological polar surface area (TPSA) is 69.2 Å². The molecule has 0 amide bonds. The van der Waals surface area contributed by atoms with E-state index in [0.29, 0.717) is 6.54 Å². The third-order valence-corrected chi connectivity index (χ3v) is 4.71. The highest BCUT2D eigenvalue weighted by atomic mass is 16.6. The minimum Gasteiger partial charge on any atom is -0.330 e. The zero-order valence-corrected chi connectivity index (χ0v) is 12.0. The Morgan fingerprint density at radius 2 is 1.80 bits per heavy atom. The highest BCUT2D eigenvalue weighted by Gasteiger charge is 2.29. The van der Waals surface area contributed by atoms with E-state index in [-0.39, 0.29) is 16.0 Å². The molecule has 110 valence electrons. The fraction of sp³-hybridized carbons (Fsp3) is 0.625. The summed E-state index contributed by atoms with van der Waals surface area (Å²) in [5.41, 5.74) is 7.32. The molecule has 20 heavy (non-hydrogen) atoms. The number of benzene rings is 1. The first-order valence-corrected chi connectivity index (χ1v) is 7.59. The van der Waals surface area contributed by atoms with Crippen molar-refractivity contribution in [1.82, 2.24) is 0 Å². The molecule has 1 saturated carbocycles. The van der Waals surface area contributed by atoms with E-state index in [1.807, 2.05) is 12.1 Å². The summed E-state index contributed by atoms with van der Waals surface area (Å²) in [6.07, 6.45) is 9.15. The summed E-state index contributed by atoms with van der Waals surface area (Å²) in [5, 5.41) is 11.1. The zero-order valence-electron chi connectivity index (χ0n) is 12.0. The second kappa shape index (κ2) is 6.84. The van der Waals surface area contributed by atoms with Gasteiger partial charge in [-0.05, 0) is 37.6 Å². The van der Waals surface area contributed by atoms with Crippen LogP contribution < -0.4 is 5.73 Å². The summed E-state index contributed by atoms with van der Waals surface area (Å²) in [6.45, 7) is 0.702. The average Bonchev–Trinajstić information content (AvgIpc) is 2.71. The van der Waals surface area contributed by atoms with Gasteiger partial charge >= 0.3 is 0 Å². The van der Waals surface area contributed by atoms with Crippen LogP contribution in [0.2, 0.25) is 0 Å². The number of nitro benzene ring substituents is 1. The SMILES string of the molecule is NCC1(CCc2ccccc2[N+](=O)[O-])CCCCCC1. The molecule has 1 aromatic rings. The summed E-state index contributed by atoms with van der Waals surface area (Å²) in [5.74, 6) is 0. The molecule has 2 N–H and O–H groups in total. The summed E-state index contributed by atoms with van der Waals surface area (Å²) in [4.78, 5) is 10.8. The first-order chi connectivity index (χ1) is 9.67. The predicted octanol–water partition coefficient (Wildman–Crippen LogP) is 3.83. The molecule has 0 spiro atoms. The number of nitro groups is 1. The molecule has 0 bridgehead atoms. The van der Waals surface area contributed by atoms with Gasteiger partial charge in [-0.2, -0.15) is 0 Å². The molecule has 0 saturated heterocycles. The number of nitrogens with zero attached hydrogens (tertiary/aromatic N) is 1. The number of nitrogens with two attached hydrogens (primary N) is 1. The van der Waals surface area contributed by atoms with E-state index in [2.05, 4.69) is 0 Å². The molecule has 1 fully saturated rings. The number of hydrogen-bond acceptors (Lipinski definition) is 3. The van der Waals surface area contributed by atoms with Crippen molar-refractivity contribution in [2.45, 2.75) is 51.4 Å². The monoisotopic (exact) mass is 276 g/mol. The van der Waals surface area contributed by atoms with Gasteiger partial charge in [-0.1, -0.05) is 43.9 Å². The Bertz CT molecular complexity index is 452. The third-order valence-electron chi connectivity index (χ3n) is 4.71. The molecule has 0 radical (unpaired) electrons. The number of rotatable bonds is 5. The van der Waals surface area contributed by atoms with Gasteiger partial charge in [-0.3, -0.25) is 10.1 Å². The molecule has 1 aliphatic rings. The first-order valence-electron chi connectivity index (χ1n) is 7.59. The predicted molar refractivity (Wildman–Crippen MR) is 80.6 cm³/mol. The Balaban J connectivity index is 2.08. The van der Waals surface area contributed by atoms with Gasteiger partial charge in [0.25, 0.3) is 5.69 Å². The second-order valence-corrected chi connectivity index (χ2v) is 6.00. The molecule has 2 rings (SSSR count). The van der Waals surface area contributed by atoms with Gasteiger partial charge in [0.05, 0.1) is 4.92 Å². The fourth-order valence-corrected chi connectivity index (χ4v) is 3.33. The molecule has 0 heterocycles. The number of aryl methyl sites for hydroxylation is 1. The largest absolute Gasteiger partial charge is 0.330 e. The van der Waals surface area contributed by atoms with E-state index in [1.54, 1.807) is 12.1 Å². The molecule has 0 aromatic heterocycles. The van der Waals surface area contributed by atoms with Crippen LogP contribution in [0.5, 0.6) is 0 Å². The molecular weight excluding hydrogens is 252 g/mol. The Kier molecular flexibility index (Phi) is 5.12. The van der Waals surface area contributed by atoms with E-state index in [0.717, 1.165) is 18.4 Å². The van der Waals surface area contributed by atoms with Crippen molar-refractivity contribution in [3.05, 3.63) is 39.9 Å². The zero-order chi connectivity index (χ0) is 14.4. The van der Waals surface area contributed by atoms with Crippen molar-refractivity contribution >= 4 is 5.69 Å². The van der Waals surface area contributed by atoms with Crippen LogP contribution in [-0.2, 0) is 6.42 Å². The van der Waals surface area contributed by atoms with Gasteiger partial charge in [0, 0.05) is 11.6 Å². The van der Waals surface area contributed by atoms with Crippen LogP contribution in [0.4, 0.5) is 5.69 Å². The Labute approximate surface area is 120 Å². The van der Waals surface area contributed by atoms with Gasteiger partial charge in [-0.15, -0.1) is 0 Å². The summed E-state index contributed by atoms with van der Waals surface area (Å²) < 4.78 is 0. The van der Waals surface area contributed by atoms with E-state index >= 15 is 0 Å². The number of para-hydroxylation sites is 1. The van der Waals surface area contributed by atoms with Crippen molar-refractivity contribution in [3.63, 3.8) is 0 Å². The van der Waals surface area contributed by atoms with Crippen LogP contribution in [0.15, 0.2) is 24.3 Å². The smallest absolute Gasteiger partial charge is 0.272 e. The van der Waals surface area contributed by atoms with Crippen molar-refractivity contribution in [3.8, 4) is 0 Å². The van der Waals surface area contributed by atoms with Crippen LogP contribution in [0.3, 0.4) is 0 Å². The summed E-state index contributed by atoms with van der Waals surface area (Å²) in [6, 6.07) is 7.08. The van der Waals surface area contributed by atoms with Crippen LogP contribution in [0.25, 0.3) is 0 Å². The van der Waals surface area contributed by atoms with E-state index in [9.17, 15) is 10.1 Å². The maximum atomic E-state index is 11.1. The maximum absolute atomic E-state index is 11.1. The molecular formula is C16H24N2O2. The molecule has 4 nitrogen and oxygen atoms in total. The van der Waals surface area contributed by atoms with Gasteiger partial charge in [0.2, 0.25) is 0 Å². The lowest BCUT2D eigenvalue weighted by molar-refractivity contribution is -0.385. The molecule has 0 atom stereocenters. The van der Waals surface area contributed by atoms with Crippen LogP contribution in [-0.4, -0.2) is 11.5 Å². The number of hydrogen-bond donors (Lipinski definition) is 1. The highest BCUT2D eigenvalue weighted by molar-refractivity contribution is 5.39. The minimum atomic E-state index is -0.280. The third kappa shape index (κ3) is 3.57. The molecule has 1 aromatic carbocycles. The van der Waals surface area contributed by atoms with Crippen molar-refractivity contribution in [2.75, 3.05) is 6.54 Å². The van der Waals surface area contributed by atoms with Crippen LogP contribution in [0.1, 0.15) is 50.5 Å². The highest BCUT2D eigenvalue weighted by Crippen LogP contribution is 2.38. The molecule has 0 unspecified atom stereocenters. The van der Waals surface area contributed by atoms with Crippen molar-refractivity contribution < 1.29 is 4.92 Å². The average molecular weight is 276 g/mol. The van der Waals surface area contributed by atoms with E-state index in [1.165, 1.54) is 38.5 Å². The molecule has 0 aliphatic heterocycles. The Morgan fingerprint density at radius 1 is 1.15 bits per heavy atom. The van der Waals surface area contributed by atoms with Crippen LogP contribution >= 0.6 is 0 Å². The second-order valence-electron chi connectivity index (χ2n) is 6.00. The fourth-order valence-electron chi connectivity index (χ4n) is 3.33.